The van der Waals surface area contributed by atoms with E-state index in [1.54, 1.807) is 0 Å². The van der Waals surface area contributed by atoms with Crippen LogP contribution in [-0.4, -0.2) is 29.1 Å². The van der Waals surface area contributed by atoms with E-state index in [2.05, 4.69) is 82.2 Å². The van der Waals surface area contributed by atoms with Gasteiger partial charge >= 0.3 is 0 Å². The maximum absolute atomic E-state index is 3.91. The van der Waals surface area contributed by atoms with Crippen LogP contribution >= 0.6 is 11.3 Å². The van der Waals surface area contributed by atoms with Gasteiger partial charge in [0.05, 0.1) is 0 Å². The third-order valence-electron chi connectivity index (χ3n) is 6.01. The minimum atomic E-state index is 0.856. The van der Waals surface area contributed by atoms with Crippen LogP contribution in [0.25, 0.3) is 26.6 Å². The van der Waals surface area contributed by atoms with E-state index in [1.165, 1.54) is 37.7 Å². The van der Waals surface area contributed by atoms with E-state index in [0.29, 0.717) is 0 Å². The zero-order chi connectivity index (χ0) is 19.6. The molecule has 5 rings (SSSR count). The summed E-state index contributed by atoms with van der Waals surface area (Å²) in [5.74, 6) is 0. The lowest BCUT2D eigenvalue weighted by Crippen LogP contribution is -2.30. The second-order valence-electron chi connectivity index (χ2n) is 7.79. The van der Waals surface area contributed by atoms with Crippen molar-refractivity contribution in [2.24, 2.45) is 0 Å². The van der Waals surface area contributed by atoms with Crippen molar-refractivity contribution in [1.82, 2.24) is 9.47 Å². The Hall–Kier alpha value is -2.62. The fraction of sp³-hybridized carbons (Fsp3) is 0.231. The number of thiophene rings is 1. The molecule has 1 aliphatic heterocycles. The number of aromatic nitrogens is 1. The van der Waals surface area contributed by atoms with Crippen molar-refractivity contribution < 1.29 is 0 Å². The second kappa shape index (κ2) is 8.02. The zero-order valence-corrected chi connectivity index (χ0v) is 17.5. The molecule has 3 heterocycles. The summed E-state index contributed by atoms with van der Waals surface area (Å²) in [7, 11) is 0. The Labute approximate surface area is 176 Å². The normalized spacial score (nSPS) is 15.1. The fourth-order valence-electron chi connectivity index (χ4n) is 4.46. The molecule has 29 heavy (non-hydrogen) atoms. The van der Waals surface area contributed by atoms with Gasteiger partial charge in [-0.15, -0.1) is 17.9 Å². The van der Waals surface area contributed by atoms with Gasteiger partial charge in [0.1, 0.15) is 0 Å². The van der Waals surface area contributed by atoms with Crippen molar-refractivity contribution in [3.63, 3.8) is 0 Å². The van der Waals surface area contributed by atoms with Gasteiger partial charge in [-0.1, -0.05) is 48.6 Å². The third kappa shape index (κ3) is 3.57. The van der Waals surface area contributed by atoms with Crippen molar-refractivity contribution in [3.8, 4) is 0 Å². The summed E-state index contributed by atoms with van der Waals surface area (Å²) in [5, 5.41) is 5.13. The molecule has 0 spiro atoms. The lowest BCUT2D eigenvalue weighted by molar-refractivity contribution is 0.306. The van der Waals surface area contributed by atoms with Crippen molar-refractivity contribution in [1.29, 1.82) is 0 Å². The molecule has 1 aliphatic rings. The number of rotatable bonds is 6. The molecule has 0 fully saturated rings. The van der Waals surface area contributed by atoms with E-state index in [1.807, 2.05) is 17.4 Å². The van der Waals surface area contributed by atoms with E-state index < -0.39 is 0 Å². The lowest BCUT2D eigenvalue weighted by Gasteiger charge is -2.26. The zero-order valence-electron chi connectivity index (χ0n) is 16.7. The summed E-state index contributed by atoms with van der Waals surface area (Å²) < 4.78 is 3.71. The second-order valence-corrected chi connectivity index (χ2v) is 8.70. The molecular weight excluding hydrogens is 372 g/mol. The Bertz CT molecular complexity index is 1190. The first kappa shape index (κ1) is 18.4. The van der Waals surface area contributed by atoms with Crippen molar-refractivity contribution in [2.45, 2.75) is 19.4 Å². The fourth-order valence-corrected chi connectivity index (χ4v) is 5.45. The van der Waals surface area contributed by atoms with E-state index >= 15 is 0 Å². The molecule has 146 valence electrons. The Morgan fingerprint density at radius 2 is 1.86 bits per heavy atom. The van der Waals surface area contributed by atoms with E-state index in [-0.39, 0.29) is 0 Å². The maximum atomic E-state index is 3.91. The summed E-state index contributed by atoms with van der Waals surface area (Å²) in [6.07, 6.45) is 8.97. The summed E-state index contributed by atoms with van der Waals surface area (Å²) in [6, 6.07) is 17.5. The summed E-state index contributed by atoms with van der Waals surface area (Å²) in [5.41, 5.74) is 5.68. The van der Waals surface area contributed by atoms with Crippen molar-refractivity contribution in [2.75, 3.05) is 19.6 Å². The summed E-state index contributed by atoms with van der Waals surface area (Å²) in [4.78, 5) is 2.58. The molecule has 2 aromatic heterocycles. The Morgan fingerprint density at radius 1 is 1.03 bits per heavy atom. The molecule has 2 aromatic carbocycles. The molecule has 3 heteroatoms. The van der Waals surface area contributed by atoms with Crippen molar-refractivity contribution in [3.05, 3.63) is 90.0 Å². The van der Waals surface area contributed by atoms with Crippen LogP contribution < -0.4 is 0 Å². The molecule has 0 amide bonds. The van der Waals surface area contributed by atoms with Gasteiger partial charge in [0.25, 0.3) is 0 Å². The number of nitrogens with zero attached hydrogens (tertiary/aromatic N) is 2. The van der Waals surface area contributed by atoms with E-state index in [9.17, 15) is 0 Å². The van der Waals surface area contributed by atoms with Crippen LogP contribution in [-0.2, 0) is 13.0 Å². The predicted octanol–water partition coefficient (Wildman–Crippen LogP) is 6.37. The number of benzene rings is 2. The van der Waals surface area contributed by atoms with E-state index in [0.717, 1.165) is 39.0 Å². The van der Waals surface area contributed by atoms with Gasteiger partial charge in [0, 0.05) is 53.5 Å². The molecule has 4 aromatic rings. The SMILES string of the molecule is C=CCn1cc(C2=CCN(CCc3csc4ccccc34)CC2)c2ccccc21. The average molecular weight is 399 g/mol. The quantitative estimate of drug-likeness (QED) is 0.342. The Balaban J connectivity index is 1.31. The molecule has 0 unspecified atom stereocenters. The molecule has 0 bridgehead atoms. The smallest absolute Gasteiger partial charge is 0.0489 e. The Morgan fingerprint density at radius 3 is 2.69 bits per heavy atom. The van der Waals surface area contributed by atoms with Gasteiger partial charge in [0.15, 0.2) is 0 Å². The first-order valence-corrected chi connectivity index (χ1v) is 11.3. The molecule has 0 atom stereocenters. The topological polar surface area (TPSA) is 8.17 Å². The van der Waals surface area contributed by atoms with Gasteiger partial charge in [-0.3, -0.25) is 4.90 Å². The molecule has 2 nitrogen and oxygen atoms in total. The van der Waals surface area contributed by atoms with Gasteiger partial charge in [-0.2, -0.15) is 0 Å². The Kier molecular flexibility index (Phi) is 5.09. The molecule has 0 N–H and O–H groups in total. The average Bonchev–Trinajstić information content (AvgIpc) is 3.35. The van der Waals surface area contributed by atoms with Crippen LogP contribution in [0.5, 0.6) is 0 Å². The highest BCUT2D eigenvalue weighted by Crippen LogP contribution is 2.31. The first-order valence-electron chi connectivity index (χ1n) is 10.4. The number of para-hydroxylation sites is 1. The molecule has 0 aliphatic carbocycles. The maximum Gasteiger partial charge on any atom is 0.0489 e. The number of allylic oxidation sites excluding steroid dienone is 1. The van der Waals surface area contributed by atoms with Crippen LogP contribution in [0.2, 0.25) is 0 Å². The van der Waals surface area contributed by atoms with Crippen LogP contribution in [0.1, 0.15) is 17.5 Å². The van der Waals surface area contributed by atoms with Crippen LogP contribution in [0, 0.1) is 0 Å². The van der Waals surface area contributed by atoms with Crippen molar-refractivity contribution >= 4 is 37.9 Å². The minimum Gasteiger partial charge on any atom is -0.343 e. The number of hydrogen-bond donors (Lipinski definition) is 0. The lowest BCUT2D eigenvalue weighted by atomic mass is 9.98. The molecular formula is C26H26N2S. The van der Waals surface area contributed by atoms with Gasteiger partial charge in [0.2, 0.25) is 0 Å². The minimum absolute atomic E-state index is 0.856. The molecule has 0 saturated heterocycles. The van der Waals surface area contributed by atoms with E-state index in [4.69, 9.17) is 0 Å². The molecule has 0 saturated carbocycles. The third-order valence-corrected chi connectivity index (χ3v) is 7.02. The monoisotopic (exact) mass is 398 g/mol. The van der Waals surface area contributed by atoms with Crippen LogP contribution in [0.3, 0.4) is 0 Å². The van der Waals surface area contributed by atoms with Gasteiger partial charge < -0.3 is 4.57 Å². The van der Waals surface area contributed by atoms with Crippen LogP contribution in [0.15, 0.2) is 78.8 Å². The largest absolute Gasteiger partial charge is 0.343 e. The highest BCUT2D eigenvalue weighted by molar-refractivity contribution is 7.17. The highest BCUT2D eigenvalue weighted by atomic mass is 32.1. The molecule has 0 radical (unpaired) electrons. The van der Waals surface area contributed by atoms with Crippen LogP contribution in [0.4, 0.5) is 0 Å². The summed E-state index contributed by atoms with van der Waals surface area (Å²) in [6.45, 7) is 8.07. The summed E-state index contributed by atoms with van der Waals surface area (Å²) >= 11 is 1.87. The first-order chi connectivity index (χ1) is 14.3. The highest BCUT2D eigenvalue weighted by Gasteiger charge is 2.17. The number of hydrogen-bond acceptors (Lipinski definition) is 2. The van der Waals surface area contributed by atoms with Gasteiger partial charge in [-0.05, 0) is 46.9 Å². The number of fused-ring (bicyclic) bond motifs is 2. The predicted molar refractivity (Wildman–Crippen MR) is 127 cm³/mol. The van der Waals surface area contributed by atoms with Gasteiger partial charge in [-0.25, -0.2) is 0 Å². The standard InChI is InChI=1S/C26H26N2S/c1-2-14-28-18-24(23-8-3-5-9-25(23)28)20-11-15-27(16-12-20)17-13-21-19-29-26-10-6-4-7-22(21)26/h2-11,18-19H,1,12-17H2.